The summed E-state index contributed by atoms with van der Waals surface area (Å²) < 4.78 is 49.7. The van der Waals surface area contributed by atoms with Crippen molar-refractivity contribution in [3.8, 4) is 16.9 Å². The molecule has 0 aromatic heterocycles. The summed E-state index contributed by atoms with van der Waals surface area (Å²) in [7, 11) is 0. The first-order valence-electron chi connectivity index (χ1n) is 12.3. The number of hydrogen-bond donors (Lipinski definition) is 1. The largest absolute Gasteiger partial charge is 0.489 e. The Morgan fingerprint density at radius 1 is 0.972 bits per heavy atom. The van der Waals surface area contributed by atoms with E-state index in [0.29, 0.717) is 29.0 Å². The fourth-order valence-corrected chi connectivity index (χ4v) is 4.80. The number of rotatable bonds is 8. The van der Waals surface area contributed by atoms with Crippen LogP contribution < -0.4 is 4.74 Å². The van der Waals surface area contributed by atoms with Gasteiger partial charge in [0.1, 0.15) is 18.2 Å². The van der Waals surface area contributed by atoms with E-state index in [1.54, 1.807) is 67.6 Å². The Morgan fingerprint density at radius 3 is 2.33 bits per heavy atom. The molecule has 1 unspecified atom stereocenters. The molecule has 0 amide bonds. The molecule has 0 radical (unpaired) electrons. The molecule has 1 fully saturated rings. The number of aliphatic hydroxyl groups excluding tert-OH is 1. The second-order valence-corrected chi connectivity index (χ2v) is 9.38. The van der Waals surface area contributed by atoms with E-state index in [4.69, 9.17) is 4.74 Å². The van der Waals surface area contributed by atoms with Crippen LogP contribution in [0.3, 0.4) is 0 Å². The van der Waals surface area contributed by atoms with Crippen molar-refractivity contribution in [3.63, 3.8) is 0 Å². The molecule has 0 heterocycles. The minimum atomic E-state index is -0.887. The molecule has 0 bridgehead atoms. The Kier molecular flexibility index (Phi) is 8.32. The zero-order chi connectivity index (χ0) is 25.7. The maximum atomic E-state index is 14.8. The number of hydrogen-bond acceptors (Lipinski definition) is 2. The monoisotopic (exact) mass is 492 g/mol. The fraction of sp³-hybridized carbons (Fsp3) is 0.290. The minimum Gasteiger partial charge on any atom is -0.489 e. The lowest BCUT2D eigenvalue weighted by atomic mass is 9.78. The summed E-state index contributed by atoms with van der Waals surface area (Å²) >= 11 is 0. The zero-order valence-electron chi connectivity index (χ0n) is 20.4. The SMILES string of the molecule is C=CCOc1ccc(C2CCC(/C=C/c3ccc(-c4ccc(C(C)O)cc4)c(F)c3F)CC2)c(F)c1. The number of aliphatic hydroxyl groups is 1. The van der Waals surface area contributed by atoms with Crippen LogP contribution in [0, 0.1) is 23.4 Å². The summed E-state index contributed by atoms with van der Waals surface area (Å²) in [6.07, 6.45) is 7.95. The summed E-state index contributed by atoms with van der Waals surface area (Å²) in [6.45, 7) is 5.58. The fourth-order valence-electron chi connectivity index (χ4n) is 4.80. The van der Waals surface area contributed by atoms with E-state index in [9.17, 15) is 18.3 Å². The Balaban J connectivity index is 1.39. The van der Waals surface area contributed by atoms with Gasteiger partial charge in [-0.2, -0.15) is 0 Å². The predicted molar refractivity (Wildman–Crippen MR) is 138 cm³/mol. The van der Waals surface area contributed by atoms with Gasteiger partial charge in [0.2, 0.25) is 0 Å². The van der Waals surface area contributed by atoms with Crippen LogP contribution >= 0.6 is 0 Å². The van der Waals surface area contributed by atoms with E-state index in [1.165, 1.54) is 6.07 Å². The molecule has 3 aromatic rings. The zero-order valence-corrected chi connectivity index (χ0v) is 20.4. The van der Waals surface area contributed by atoms with Gasteiger partial charge in [-0.3, -0.25) is 0 Å². The van der Waals surface area contributed by atoms with Gasteiger partial charge in [0, 0.05) is 17.2 Å². The van der Waals surface area contributed by atoms with Crippen LogP contribution in [0.15, 0.2) is 73.3 Å². The van der Waals surface area contributed by atoms with E-state index < -0.39 is 17.7 Å². The maximum Gasteiger partial charge on any atom is 0.167 e. The average Bonchev–Trinajstić information content (AvgIpc) is 2.89. The molecule has 0 saturated heterocycles. The Hall–Kier alpha value is -3.31. The summed E-state index contributed by atoms with van der Waals surface area (Å²) in [5, 5.41) is 9.64. The molecule has 2 nitrogen and oxygen atoms in total. The van der Waals surface area contributed by atoms with Gasteiger partial charge >= 0.3 is 0 Å². The first kappa shape index (κ1) is 25.8. The molecule has 1 atom stereocenters. The number of benzene rings is 3. The summed E-state index contributed by atoms with van der Waals surface area (Å²) in [4.78, 5) is 0. The van der Waals surface area contributed by atoms with Crippen molar-refractivity contribution in [2.75, 3.05) is 6.61 Å². The van der Waals surface area contributed by atoms with E-state index in [2.05, 4.69) is 6.58 Å². The van der Waals surface area contributed by atoms with Crippen LogP contribution in [-0.2, 0) is 0 Å². The third kappa shape index (κ3) is 5.90. The number of halogens is 3. The van der Waals surface area contributed by atoms with E-state index in [1.807, 2.05) is 6.08 Å². The maximum absolute atomic E-state index is 14.8. The number of ether oxygens (including phenoxy) is 1. The third-order valence-electron chi connectivity index (χ3n) is 6.92. The average molecular weight is 493 g/mol. The van der Waals surface area contributed by atoms with Crippen molar-refractivity contribution >= 4 is 6.08 Å². The van der Waals surface area contributed by atoms with Crippen molar-refractivity contribution in [1.29, 1.82) is 0 Å². The highest BCUT2D eigenvalue weighted by molar-refractivity contribution is 5.67. The lowest BCUT2D eigenvalue weighted by Gasteiger charge is -2.27. The Bertz CT molecular complexity index is 1220. The van der Waals surface area contributed by atoms with Crippen molar-refractivity contribution in [2.45, 2.75) is 44.6 Å². The van der Waals surface area contributed by atoms with E-state index >= 15 is 0 Å². The molecule has 3 aromatic carbocycles. The lowest BCUT2D eigenvalue weighted by Crippen LogP contribution is -2.13. The molecular formula is C31H31F3O2. The smallest absolute Gasteiger partial charge is 0.167 e. The van der Waals surface area contributed by atoms with Crippen molar-refractivity contribution in [3.05, 3.63) is 107 Å². The van der Waals surface area contributed by atoms with Gasteiger partial charge < -0.3 is 9.84 Å². The Morgan fingerprint density at radius 2 is 1.69 bits per heavy atom. The van der Waals surface area contributed by atoms with Gasteiger partial charge in [-0.05, 0) is 67.2 Å². The third-order valence-corrected chi connectivity index (χ3v) is 6.92. The molecule has 0 spiro atoms. The molecule has 36 heavy (non-hydrogen) atoms. The van der Waals surface area contributed by atoms with Crippen molar-refractivity contribution in [2.24, 2.45) is 5.92 Å². The van der Waals surface area contributed by atoms with Gasteiger partial charge in [-0.25, -0.2) is 13.2 Å². The minimum absolute atomic E-state index is 0.136. The normalized spacial score (nSPS) is 18.8. The molecule has 1 saturated carbocycles. The van der Waals surface area contributed by atoms with Crippen molar-refractivity contribution in [1.82, 2.24) is 0 Å². The van der Waals surface area contributed by atoms with Crippen LogP contribution in [0.1, 0.15) is 61.3 Å². The first-order chi connectivity index (χ1) is 17.4. The second kappa shape index (κ2) is 11.6. The Labute approximate surface area is 210 Å². The van der Waals surface area contributed by atoms with Crippen LogP contribution in [0.2, 0.25) is 0 Å². The highest BCUT2D eigenvalue weighted by Gasteiger charge is 2.23. The lowest BCUT2D eigenvalue weighted by molar-refractivity contribution is 0.199. The van der Waals surface area contributed by atoms with Gasteiger partial charge in [0.05, 0.1) is 6.10 Å². The van der Waals surface area contributed by atoms with Crippen molar-refractivity contribution < 1.29 is 23.0 Å². The van der Waals surface area contributed by atoms with E-state index in [-0.39, 0.29) is 28.8 Å². The molecule has 1 aliphatic carbocycles. The topological polar surface area (TPSA) is 29.5 Å². The molecule has 4 rings (SSSR count). The van der Waals surface area contributed by atoms with Crippen LogP contribution in [0.4, 0.5) is 13.2 Å². The summed E-state index contributed by atoms with van der Waals surface area (Å²) in [6, 6.07) is 14.9. The molecule has 1 aliphatic rings. The second-order valence-electron chi connectivity index (χ2n) is 9.38. The van der Waals surface area contributed by atoms with Gasteiger partial charge in [-0.1, -0.05) is 67.3 Å². The molecule has 188 valence electrons. The van der Waals surface area contributed by atoms with Gasteiger partial charge in [-0.15, -0.1) is 0 Å². The highest BCUT2D eigenvalue weighted by atomic mass is 19.2. The van der Waals surface area contributed by atoms with Crippen LogP contribution in [0.5, 0.6) is 5.75 Å². The van der Waals surface area contributed by atoms with Crippen LogP contribution in [-0.4, -0.2) is 11.7 Å². The van der Waals surface area contributed by atoms with Gasteiger partial charge in [0.15, 0.2) is 11.6 Å². The first-order valence-corrected chi connectivity index (χ1v) is 12.3. The standard InChI is InChI=1S/C31H31F3O2/c1-3-18-36-26-15-17-27(29(32)19-26)23-7-4-21(5-8-23)6-9-25-14-16-28(31(34)30(25)33)24-12-10-22(11-13-24)20(2)35/h3,6,9-17,19-21,23,35H,1,4-5,7-8,18H2,2H3/b9-6+. The quantitative estimate of drug-likeness (QED) is 0.320. The van der Waals surface area contributed by atoms with Gasteiger partial charge in [0.25, 0.3) is 0 Å². The predicted octanol–water partition coefficient (Wildman–Crippen LogP) is 8.38. The van der Waals surface area contributed by atoms with E-state index in [0.717, 1.165) is 25.7 Å². The molecular weight excluding hydrogens is 461 g/mol. The number of allylic oxidation sites excluding steroid dienone is 1. The highest BCUT2D eigenvalue weighted by Crippen LogP contribution is 2.38. The van der Waals surface area contributed by atoms with Crippen LogP contribution in [0.25, 0.3) is 17.2 Å². The molecule has 5 heteroatoms. The molecule has 0 aliphatic heterocycles. The summed E-state index contributed by atoms with van der Waals surface area (Å²) in [5.74, 6) is -1.16. The molecule has 1 N–H and O–H groups in total. The summed E-state index contributed by atoms with van der Waals surface area (Å²) in [5.41, 5.74) is 2.36.